The molecule has 0 bridgehead atoms. The average Bonchev–Trinajstić information content (AvgIpc) is 3.26. The molecule has 0 fully saturated rings. The lowest BCUT2D eigenvalue weighted by Crippen LogP contribution is -2.25. The van der Waals surface area contributed by atoms with E-state index in [1.165, 1.54) is 5.39 Å². The zero-order chi connectivity index (χ0) is 24.7. The van der Waals surface area contributed by atoms with Crippen molar-refractivity contribution in [3.63, 3.8) is 0 Å². The van der Waals surface area contributed by atoms with Gasteiger partial charge in [-0.1, -0.05) is 60.1 Å². The number of carbonyl (C=O) groups is 1. The lowest BCUT2D eigenvalue weighted by molar-refractivity contribution is 0.0953. The van der Waals surface area contributed by atoms with Gasteiger partial charge in [-0.15, -0.1) is 0 Å². The van der Waals surface area contributed by atoms with Crippen LogP contribution in [0.3, 0.4) is 0 Å². The molecule has 0 aliphatic rings. The first-order valence-corrected chi connectivity index (χ1v) is 12.7. The normalized spacial score (nSPS) is 11.1. The molecule has 182 valence electrons. The van der Waals surface area contributed by atoms with Gasteiger partial charge in [-0.3, -0.25) is 4.79 Å². The third kappa shape index (κ3) is 5.52. The summed E-state index contributed by atoms with van der Waals surface area (Å²) in [6.07, 6.45) is 2.44. The van der Waals surface area contributed by atoms with Crippen LogP contribution in [0.2, 0.25) is 5.02 Å². The van der Waals surface area contributed by atoms with E-state index in [9.17, 15) is 4.79 Å². The summed E-state index contributed by atoms with van der Waals surface area (Å²) in [6.45, 7) is 2.02. The number of fused-ring (bicyclic) bond motifs is 2. The molecule has 0 saturated heterocycles. The maximum atomic E-state index is 12.4. The number of aromatic nitrogens is 2. The molecule has 0 spiro atoms. The number of para-hydroxylation sites is 2. The van der Waals surface area contributed by atoms with Crippen LogP contribution in [0.1, 0.15) is 29.0 Å². The van der Waals surface area contributed by atoms with Crippen LogP contribution in [-0.2, 0) is 13.0 Å². The Labute approximate surface area is 215 Å². The molecule has 6 heteroatoms. The van der Waals surface area contributed by atoms with Crippen molar-refractivity contribution in [1.29, 1.82) is 0 Å². The Hall–Kier alpha value is -3.83. The van der Waals surface area contributed by atoms with Gasteiger partial charge in [0.05, 0.1) is 17.6 Å². The quantitative estimate of drug-likeness (QED) is 0.219. The number of imidazole rings is 1. The lowest BCUT2D eigenvalue weighted by Gasteiger charge is -2.12. The molecular weight excluding hydrogens is 470 g/mol. The van der Waals surface area contributed by atoms with Crippen LogP contribution in [0.25, 0.3) is 21.8 Å². The molecule has 36 heavy (non-hydrogen) atoms. The highest BCUT2D eigenvalue weighted by Gasteiger charge is 2.11. The van der Waals surface area contributed by atoms with Crippen molar-refractivity contribution >= 4 is 39.3 Å². The highest BCUT2D eigenvalue weighted by atomic mass is 35.5. The molecule has 0 saturated carbocycles. The lowest BCUT2D eigenvalue weighted by atomic mass is 10.1. The van der Waals surface area contributed by atoms with E-state index in [0.29, 0.717) is 23.7 Å². The smallest absolute Gasteiger partial charge is 0.251 e. The Morgan fingerprint density at radius 2 is 1.67 bits per heavy atom. The van der Waals surface area contributed by atoms with Crippen LogP contribution in [0.4, 0.5) is 0 Å². The Morgan fingerprint density at radius 1 is 0.889 bits per heavy atom. The molecule has 0 aliphatic carbocycles. The highest BCUT2D eigenvalue weighted by molar-refractivity contribution is 6.30. The fourth-order valence-corrected chi connectivity index (χ4v) is 4.57. The number of nitrogens with zero attached hydrogens (tertiary/aromatic N) is 2. The standard InChI is InChI=1S/C30H28ClN3O2/c31-24-17-15-23(16-18-24)30(35)32-19-6-14-29-33-26-11-3-4-12-27(26)34(29)20-7-21-36-28-13-5-9-22-8-1-2-10-25(22)28/h1-5,8-13,15-18H,6-7,14,19-21H2,(H,32,35). The van der Waals surface area contributed by atoms with E-state index < -0.39 is 0 Å². The number of aryl methyl sites for hydroxylation is 2. The SMILES string of the molecule is O=C(NCCCc1nc2ccccc2n1CCCOc1cccc2ccccc12)c1ccc(Cl)cc1. The van der Waals surface area contributed by atoms with E-state index in [1.54, 1.807) is 24.3 Å². The summed E-state index contributed by atoms with van der Waals surface area (Å²) < 4.78 is 8.43. The van der Waals surface area contributed by atoms with Crippen LogP contribution >= 0.6 is 11.6 Å². The van der Waals surface area contributed by atoms with Gasteiger partial charge in [0, 0.05) is 35.5 Å². The molecule has 1 amide bonds. The van der Waals surface area contributed by atoms with Crippen molar-refractivity contribution in [3.8, 4) is 5.75 Å². The summed E-state index contributed by atoms with van der Waals surface area (Å²) in [5.74, 6) is 1.85. The van der Waals surface area contributed by atoms with Gasteiger partial charge in [0.25, 0.3) is 5.91 Å². The summed E-state index contributed by atoms with van der Waals surface area (Å²) in [6, 6.07) is 29.6. The van der Waals surface area contributed by atoms with Crippen molar-refractivity contribution in [1.82, 2.24) is 14.9 Å². The minimum Gasteiger partial charge on any atom is -0.493 e. The molecule has 1 aromatic heterocycles. The van der Waals surface area contributed by atoms with Crippen LogP contribution in [0, 0.1) is 0 Å². The predicted molar refractivity (Wildman–Crippen MR) is 146 cm³/mol. The van der Waals surface area contributed by atoms with E-state index in [1.807, 2.05) is 42.5 Å². The molecule has 0 atom stereocenters. The van der Waals surface area contributed by atoms with E-state index >= 15 is 0 Å². The van der Waals surface area contributed by atoms with Crippen LogP contribution < -0.4 is 10.1 Å². The van der Waals surface area contributed by atoms with E-state index in [4.69, 9.17) is 21.3 Å². The zero-order valence-corrected chi connectivity index (χ0v) is 20.7. The van der Waals surface area contributed by atoms with Crippen molar-refractivity contribution in [3.05, 3.63) is 107 Å². The molecule has 5 rings (SSSR count). The van der Waals surface area contributed by atoms with E-state index in [0.717, 1.165) is 53.8 Å². The number of halogens is 1. The first-order valence-electron chi connectivity index (χ1n) is 12.3. The Balaban J connectivity index is 1.19. The van der Waals surface area contributed by atoms with Crippen molar-refractivity contribution in [2.24, 2.45) is 0 Å². The van der Waals surface area contributed by atoms with Crippen molar-refractivity contribution in [2.45, 2.75) is 25.8 Å². The first-order chi connectivity index (χ1) is 17.7. The fraction of sp³-hybridized carbons (Fsp3) is 0.200. The maximum absolute atomic E-state index is 12.4. The summed E-state index contributed by atoms with van der Waals surface area (Å²) in [5, 5.41) is 5.92. The number of nitrogens with one attached hydrogen (secondary N) is 1. The number of carbonyl (C=O) groups excluding carboxylic acids is 1. The molecule has 0 aliphatic heterocycles. The summed E-state index contributed by atoms with van der Waals surface area (Å²) in [5.41, 5.74) is 2.73. The molecule has 1 heterocycles. The molecule has 1 N–H and O–H groups in total. The zero-order valence-electron chi connectivity index (χ0n) is 20.0. The van der Waals surface area contributed by atoms with Gasteiger partial charge in [0.1, 0.15) is 11.6 Å². The summed E-state index contributed by atoms with van der Waals surface area (Å²) >= 11 is 5.91. The van der Waals surface area contributed by atoms with Crippen LogP contribution in [0.15, 0.2) is 91.0 Å². The Kier molecular flexibility index (Phi) is 7.48. The van der Waals surface area contributed by atoms with Gasteiger partial charge in [0.15, 0.2) is 0 Å². The first kappa shape index (κ1) is 23.9. The van der Waals surface area contributed by atoms with E-state index in [-0.39, 0.29) is 5.91 Å². The average molecular weight is 498 g/mol. The predicted octanol–water partition coefficient (Wildman–Crippen LogP) is 6.67. The molecule has 5 aromatic rings. The minimum atomic E-state index is -0.0919. The van der Waals surface area contributed by atoms with Crippen molar-refractivity contribution < 1.29 is 9.53 Å². The molecule has 0 radical (unpaired) electrons. The Morgan fingerprint density at radius 3 is 2.56 bits per heavy atom. The largest absolute Gasteiger partial charge is 0.493 e. The molecule has 5 nitrogen and oxygen atoms in total. The second-order valence-corrected chi connectivity index (χ2v) is 9.15. The number of hydrogen-bond acceptors (Lipinski definition) is 3. The van der Waals surface area contributed by atoms with E-state index in [2.05, 4.69) is 34.1 Å². The number of benzene rings is 4. The van der Waals surface area contributed by atoms with Gasteiger partial charge >= 0.3 is 0 Å². The number of rotatable bonds is 10. The number of ether oxygens (including phenoxy) is 1. The third-order valence-electron chi connectivity index (χ3n) is 6.24. The topological polar surface area (TPSA) is 56.2 Å². The van der Waals surface area contributed by atoms with Gasteiger partial charge in [-0.05, 0) is 60.7 Å². The second-order valence-electron chi connectivity index (χ2n) is 8.71. The van der Waals surface area contributed by atoms with Gasteiger partial charge in [0.2, 0.25) is 0 Å². The van der Waals surface area contributed by atoms with Crippen LogP contribution in [0.5, 0.6) is 5.75 Å². The van der Waals surface area contributed by atoms with Gasteiger partial charge in [-0.25, -0.2) is 4.98 Å². The molecule has 0 unspecified atom stereocenters. The number of hydrogen-bond donors (Lipinski definition) is 1. The fourth-order valence-electron chi connectivity index (χ4n) is 4.44. The second kappa shape index (κ2) is 11.3. The minimum absolute atomic E-state index is 0.0919. The monoisotopic (exact) mass is 497 g/mol. The van der Waals surface area contributed by atoms with Gasteiger partial charge < -0.3 is 14.6 Å². The summed E-state index contributed by atoms with van der Waals surface area (Å²) in [7, 11) is 0. The molecule has 4 aromatic carbocycles. The maximum Gasteiger partial charge on any atom is 0.251 e. The number of amides is 1. The van der Waals surface area contributed by atoms with Crippen molar-refractivity contribution in [2.75, 3.05) is 13.2 Å². The molecular formula is C30H28ClN3O2. The Bertz CT molecular complexity index is 1470. The summed E-state index contributed by atoms with van der Waals surface area (Å²) in [4.78, 5) is 17.2. The van der Waals surface area contributed by atoms with Crippen LogP contribution in [-0.4, -0.2) is 28.6 Å². The van der Waals surface area contributed by atoms with Gasteiger partial charge in [-0.2, -0.15) is 0 Å². The third-order valence-corrected chi connectivity index (χ3v) is 6.49. The highest BCUT2D eigenvalue weighted by Crippen LogP contribution is 2.25.